The quantitative estimate of drug-likeness (QED) is 0.811. The fraction of sp³-hybridized carbons (Fsp3) is 0.750. The fourth-order valence-corrected chi connectivity index (χ4v) is 2.02. The summed E-state index contributed by atoms with van der Waals surface area (Å²) in [6, 6.07) is 0. The molecule has 1 aliphatic heterocycles. The van der Waals surface area contributed by atoms with Crippen molar-refractivity contribution in [3.8, 4) is 0 Å². The highest BCUT2D eigenvalue weighted by Gasteiger charge is 2.12. The van der Waals surface area contributed by atoms with E-state index in [9.17, 15) is 0 Å². The first-order chi connectivity index (χ1) is 8.28. The Bertz CT molecular complexity index is 327. The summed E-state index contributed by atoms with van der Waals surface area (Å²) in [5.74, 6) is 0. The topological polar surface area (TPSA) is 36.3 Å². The molecule has 1 saturated heterocycles. The molecule has 1 fully saturated rings. The third-order valence-corrected chi connectivity index (χ3v) is 3.15. The molecule has 1 aromatic rings. The van der Waals surface area contributed by atoms with Crippen LogP contribution in [0.25, 0.3) is 0 Å². The van der Waals surface area contributed by atoms with Crippen molar-refractivity contribution in [2.45, 2.75) is 26.4 Å². The van der Waals surface area contributed by atoms with Crippen molar-refractivity contribution in [3.05, 3.63) is 18.0 Å². The Morgan fingerprint density at radius 1 is 1.29 bits per heavy atom. The predicted octanol–water partition coefficient (Wildman–Crippen LogP) is 0.545. The van der Waals surface area contributed by atoms with Crippen molar-refractivity contribution in [3.63, 3.8) is 0 Å². The number of hydrogen-bond acceptors (Lipinski definition) is 4. The van der Waals surface area contributed by atoms with E-state index in [-0.39, 0.29) is 0 Å². The van der Waals surface area contributed by atoms with Crippen molar-refractivity contribution >= 4 is 0 Å². The highest BCUT2D eigenvalue weighted by molar-refractivity contribution is 5.02. The van der Waals surface area contributed by atoms with Crippen LogP contribution in [0.5, 0.6) is 0 Å². The highest BCUT2D eigenvalue weighted by atomic mass is 15.5. The summed E-state index contributed by atoms with van der Waals surface area (Å²) >= 11 is 0. The van der Waals surface area contributed by atoms with Gasteiger partial charge < -0.3 is 4.90 Å². The number of aromatic nitrogens is 2. The lowest BCUT2D eigenvalue weighted by atomic mass is 10.3. The molecule has 1 aromatic heterocycles. The van der Waals surface area contributed by atoms with E-state index >= 15 is 0 Å². The molecule has 0 bridgehead atoms. The van der Waals surface area contributed by atoms with Gasteiger partial charge in [0.05, 0.1) is 6.20 Å². The lowest BCUT2D eigenvalue weighted by molar-refractivity contribution is 0.102. The molecule has 5 nitrogen and oxygen atoms in total. The molecule has 0 spiro atoms. The smallest absolute Gasteiger partial charge is 0.0535 e. The van der Waals surface area contributed by atoms with Gasteiger partial charge in [-0.05, 0) is 13.5 Å². The summed E-state index contributed by atoms with van der Waals surface area (Å²) in [6.07, 6.45) is 5.22. The number of nitrogens with zero attached hydrogens (tertiary/aromatic N) is 4. The average Bonchev–Trinajstić information content (AvgIpc) is 2.77. The van der Waals surface area contributed by atoms with Gasteiger partial charge in [-0.3, -0.25) is 10.1 Å². The van der Waals surface area contributed by atoms with Crippen molar-refractivity contribution in [1.82, 2.24) is 25.1 Å². The Hall–Kier alpha value is -0.910. The van der Waals surface area contributed by atoms with Crippen molar-refractivity contribution in [2.75, 3.05) is 33.2 Å². The second-order valence-corrected chi connectivity index (χ2v) is 4.74. The van der Waals surface area contributed by atoms with E-state index in [4.69, 9.17) is 0 Å². The summed E-state index contributed by atoms with van der Waals surface area (Å²) in [6.45, 7) is 8.54. The predicted molar refractivity (Wildman–Crippen MR) is 68.4 cm³/mol. The number of hydrazine groups is 1. The minimum Gasteiger partial charge on any atom is -0.304 e. The highest BCUT2D eigenvalue weighted by Crippen LogP contribution is 2.01. The van der Waals surface area contributed by atoms with E-state index in [0.29, 0.717) is 0 Å². The van der Waals surface area contributed by atoms with Crippen LogP contribution in [0.2, 0.25) is 0 Å². The maximum atomic E-state index is 4.33. The molecule has 96 valence electrons. The van der Waals surface area contributed by atoms with Crippen LogP contribution >= 0.6 is 0 Å². The van der Waals surface area contributed by atoms with Crippen LogP contribution in [-0.2, 0) is 13.1 Å². The van der Waals surface area contributed by atoms with Crippen molar-refractivity contribution < 1.29 is 0 Å². The summed E-state index contributed by atoms with van der Waals surface area (Å²) in [7, 11) is 2.17. The molecule has 1 N–H and O–H groups in total. The normalized spacial score (nSPS) is 18.7. The minimum absolute atomic E-state index is 0.882. The van der Waals surface area contributed by atoms with E-state index < -0.39 is 0 Å². The molecule has 0 unspecified atom stereocenters. The van der Waals surface area contributed by atoms with Gasteiger partial charge >= 0.3 is 0 Å². The zero-order valence-electron chi connectivity index (χ0n) is 10.9. The molecular weight excluding hydrogens is 214 g/mol. The molecule has 0 radical (unpaired) electrons. The molecule has 1 aliphatic rings. The summed E-state index contributed by atoms with van der Waals surface area (Å²) in [5.41, 5.74) is 4.73. The molecular formula is C12H23N5. The molecule has 0 amide bonds. The second-order valence-electron chi connectivity index (χ2n) is 4.74. The van der Waals surface area contributed by atoms with Crippen LogP contribution < -0.4 is 5.43 Å². The summed E-state index contributed by atoms with van der Waals surface area (Å²) in [5, 5.41) is 6.63. The molecule has 0 saturated carbocycles. The first-order valence-corrected chi connectivity index (χ1v) is 6.46. The first-order valence-electron chi connectivity index (χ1n) is 6.46. The largest absolute Gasteiger partial charge is 0.304 e. The molecule has 0 atom stereocenters. The van der Waals surface area contributed by atoms with Gasteiger partial charge in [-0.2, -0.15) is 5.10 Å². The van der Waals surface area contributed by atoms with E-state index in [1.54, 1.807) is 0 Å². The van der Waals surface area contributed by atoms with Gasteiger partial charge in [0.2, 0.25) is 0 Å². The van der Waals surface area contributed by atoms with Crippen LogP contribution in [0, 0.1) is 0 Å². The molecule has 0 aliphatic carbocycles. The number of nitrogens with one attached hydrogen (secondary N) is 1. The van der Waals surface area contributed by atoms with Gasteiger partial charge in [-0.1, -0.05) is 6.92 Å². The van der Waals surface area contributed by atoms with Crippen LogP contribution in [0.3, 0.4) is 0 Å². The van der Waals surface area contributed by atoms with Gasteiger partial charge in [0.15, 0.2) is 0 Å². The van der Waals surface area contributed by atoms with Gasteiger partial charge in [0.25, 0.3) is 0 Å². The van der Waals surface area contributed by atoms with Crippen LogP contribution in [0.1, 0.15) is 18.9 Å². The molecule has 0 aromatic carbocycles. The van der Waals surface area contributed by atoms with Crippen LogP contribution in [0.4, 0.5) is 0 Å². The van der Waals surface area contributed by atoms with Gasteiger partial charge in [-0.15, -0.1) is 0 Å². The Kier molecular flexibility index (Phi) is 4.53. The number of hydrogen-bond donors (Lipinski definition) is 1. The molecule has 2 rings (SSSR count). The second kappa shape index (κ2) is 6.14. The third kappa shape index (κ3) is 3.80. The monoisotopic (exact) mass is 237 g/mol. The maximum Gasteiger partial charge on any atom is 0.0535 e. The standard InChI is InChI=1S/C12H23N5/c1-3-4-17-11-12(10-14-17)9-13-16-7-5-15(2)6-8-16/h10-11,13H,3-9H2,1-2H3. The molecule has 17 heavy (non-hydrogen) atoms. The average molecular weight is 237 g/mol. The Morgan fingerprint density at radius 3 is 2.76 bits per heavy atom. The fourth-order valence-electron chi connectivity index (χ4n) is 2.02. The number of likely N-dealkylation sites (N-methyl/N-ethyl adjacent to an activating group) is 1. The first kappa shape index (κ1) is 12.5. The molecule has 5 heteroatoms. The Balaban J connectivity index is 1.73. The number of rotatable bonds is 5. The summed E-state index contributed by atoms with van der Waals surface area (Å²) < 4.78 is 2.01. The van der Waals surface area contributed by atoms with E-state index in [0.717, 1.165) is 45.7 Å². The van der Waals surface area contributed by atoms with Crippen molar-refractivity contribution in [2.24, 2.45) is 0 Å². The van der Waals surface area contributed by atoms with Crippen molar-refractivity contribution in [1.29, 1.82) is 0 Å². The van der Waals surface area contributed by atoms with E-state index in [1.807, 2.05) is 10.9 Å². The third-order valence-electron chi connectivity index (χ3n) is 3.15. The Labute approximate surface area is 103 Å². The zero-order chi connectivity index (χ0) is 12.1. The van der Waals surface area contributed by atoms with E-state index in [2.05, 4.69) is 40.6 Å². The van der Waals surface area contributed by atoms with Gasteiger partial charge in [-0.25, -0.2) is 5.01 Å². The SMILES string of the molecule is CCCn1cc(CNN2CCN(C)CC2)cn1. The number of piperazine rings is 1. The van der Waals surface area contributed by atoms with Crippen LogP contribution in [-0.4, -0.2) is 52.9 Å². The lowest BCUT2D eigenvalue weighted by Gasteiger charge is -2.32. The zero-order valence-corrected chi connectivity index (χ0v) is 10.9. The van der Waals surface area contributed by atoms with Gasteiger partial charge in [0.1, 0.15) is 0 Å². The van der Waals surface area contributed by atoms with Gasteiger partial charge in [0, 0.05) is 51.0 Å². The Morgan fingerprint density at radius 2 is 2.06 bits per heavy atom. The minimum atomic E-state index is 0.882. The van der Waals surface area contributed by atoms with E-state index in [1.165, 1.54) is 5.56 Å². The lowest BCUT2D eigenvalue weighted by Crippen LogP contribution is -2.50. The maximum absolute atomic E-state index is 4.33. The molecule has 2 heterocycles. The number of aryl methyl sites for hydroxylation is 1. The van der Waals surface area contributed by atoms with Crippen LogP contribution in [0.15, 0.2) is 12.4 Å². The summed E-state index contributed by atoms with van der Waals surface area (Å²) in [4.78, 5) is 2.36.